The molecule has 2 fully saturated rings. The highest BCUT2D eigenvalue weighted by atomic mass is 16.5. The first kappa shape index (κ1) is 21.0. The quantitative estimate of drug-likeness (QED) is 0.275. The zero-order valence-corrected chi connectivity index (χ0v) is 20.1. The number of aromatic nitrogens is 1. The molecule has 5 heteroatoms. The van der Waals surface area contributed by atoms with Gasteiger partial charge in [0.25, 0.3) is 0 Å². The monoisotopic (exact) mass is 466 g/mol. The number of rotatable bonds is 2. The first-order valence-electron chi connectivity index (χ1n) is 12.9. The predicted octanol–water partition coefficient (Wildman–Crippen LogP) is 6.38. The Labute approximate surface area is 205 Å². The van der Waals surface area contributed by atoms with Crippen molar-refractivity contribution >= 4 is 27.6 Å². The first-order valence-corrected chi connectivity index (χ1v) is 12.9. The van der Waals surface area contributed by atoms with Gasteiger partial charge in [-0.05, 0) is 62.6 Å². The average Bonchev–Trinajstić information content (AvgIpc) is 3.23. The molecule has 2 saturated heterocycles. The molecule has 0 amide bonds. The van der Waals surface area contributed by atoms with E-state index < -0.39 is 0 Å². The molecule has 0 radical (unpaired) electrons. The number of H-pyrrole nitrogens is 1. The summed E-state index contributed by atoms with van der Waals surface area (Å²) < 4.78 is 13.0. The molecule has 0 aliphatic carbocycles. The van der Waals surface area contributed by atoms with Gasteiger partial charge in [0.2, 0.25) is 0 Å². The molecule has 2 unspecified atom stereocenters. The first-order chi connectivity index (χ1) is 17.1. The van der Waals surface area contributed by atoms with E-state index in [4.69, 9.17) is 9.47 Å². The number of nitrogens with one attached hydrogen (secondary N) is 1. The van der Waals surface area contributed by atoms with Gasteiger partial charge in [-0.2, -0.15) is 0 Å². The number of fused-ring (bicyclic) bond motifs is 4. The molecule has 35 heavy (non-hydrogen) atoms. The topological polar surface area (TPSA) is 54.6 Å². The molecule has 3 aromatic carbocycles. The second-order valence-corrected chi connectivity index (χ2v) is 10.4. The van der Waals surface area contributed by atoms with Crippen molar-refractivity contribution in [2.24, 2.45) is 5.92 Å². The van der Waals surface area contributed by atoms with Gasteiger partial charge in [-0.15, -0.1) is 0 Å². The summed E-state index contributed by atoms with van der Waals surface area (Å²) in [5.74, 6) is 1.65. The molecule has 2 atom stereocenters. The van der Waals surface area contributed by atoms with Gasteiger partial charge in [0.05, 0.1) is 5.56 Å². The fourth-order valence-corrected chi connectivity index (χ4v) is 6.90. The van der Waals surface area contributed by atoms with E-state index in [-0.39, 0.29) is 11.7 Å². The number of carbonyl (C=O) groups excluding carboxylic acids is 1. The Morgan fingerprint density at radius 3 is 2.86 bits per heavy atom. The molecular formula is C30H30N2O3. The Hall–Kier alpha value is -3.31. The molecule has 0 saturated carbocycles. The van der Waals surface area contributed by atoms with Crippen LogP contribution in [0.5, 0.6) is 11.5 Å². The number of esters is 1. The van der Waals surface area contributed by atoms with Gasteiger partial charge in [-0.25, -0.2) is 4.79 Å². The molecular weight excluding hydrogens is 436 g/mol. The lowest BCUT2D eigenvalue weighted by Crippen LogP contribution is -2.64. The van der Waals surface area contributed by atoms with Crippen molar-refractivity contribution in [3.05, 3.63) is 71.4 Å². The van der Waals surface area contributed by atoms with Crippen LogP contribution in [0.1, 0.15) is 53.7 Å². The van der Waals surface area contributed by atoms with Crippen LogP contribution in [0.25, 0.3) is 21.7 Å². The van der Waals surface area contributed by atoms with Crippen molar-refractivity contribution in [3.63, 3.8) is 0 Å². The lowest BCUT2D eigenvalue weighted by atomic mass is 9.74. The molecule has 1 aromatic heterocycles. The highest BCUT2D eigenvalue weighted by Crippen LogP contribution is 2.50. The largest absolute Gasteiger partial charge is 0.472 e. The summed E-state index contributed by atoms with van der Waals surface area (Å²) in [4.78, 5) is 19.7. The minimum Gasteiger partial charge on any atom is -0.472 e. The Morgan fingerprint density at radius 2 is 1.91 bits per heavy atom. The highest BCUT2D eigenvalue weighted by Gasteiger charge is 2.52. The third kappa shape index (κ3) is 3.14. The minimum atomic E-state index is -0.318. The van der Waals surface area contributed by atoms with Crippen LogP contribution in [0.3, 0.4) is 0 Å². The predicted molar refractivity (Wildman–Crippen MR) is 137 cm³/mol. The number of aryl methyl sites for hydroxylation is 1. The number of hydrogen-bond donors (Lipinski definition) is 1. The van der Waals surface area contributed by atoms with Crippen LogP contribution < -0.4 is 9.47 Å². The molecule has 1 N–H and O–H groups in total. The maximum absolute atomic E-state index is 13.7. The van der Waals surface area contributed by atoms with Gasteiger partial charge in [-0.1, -0.05) is 36.4 Å². The van der Waals surface area contributed by atoms with E-state index in [0.717, 1.165) is 64.6 Å². The number of nitrogens with zero attached hydrogens (tertiary/aromatic N) is 1. The van der Waals surface area contributed by atoms with Crippen molar-refractivity contribution < 1.29 is 14.3 Å². The third-order valence-corrected chi connectivity index (χ3v) is 8.48. The van der Waals surface area contributed by atoms with Crippen molar-refractivity contribution in [2.75, 3.05) is 13.1 Å². The van der Waals surface area contributed by atoms with Crippen LogP contribution in [0.4, 0.5) is 0 Å². The molecule has 0 bridgehead atoms. The third-order valence-electron chi connectivity index (χ3n) is 8.48. The summed E-state index contributed by atoms with van der Waals surface area (Å²) in [6.45, 7) is 4.21. The van der Waals surface area contributed by atoms with Crippen LogP contribution in [0.2, 0.25) is 0 Å². The van der Waals surface area contributed by atoms with E-state index in [1.807, 2.05) is 49.4 Å². The summed E-state index contributed by atoms with van der Waals surface area (Å²) in [6.07, 6.45) is 6.89. The number of aromatic amines is 1. The van der Waals surface area contributed by atoms with Crippen molar-refractivity contribution in [2.45, 2.75) is 51.2 Å². The van der Waals surface area contributed by atoms with E-state index in [0.29, 0.717) is 17.2 Å². The van der Waals surface area contributed by atoms with E-state index >= 15 is 0 Å². The molecule has 3 aliphatic rings. The zero-order chi connectivity index (χ0) is 23.6. The molecule has 178 valence electrons. The smallest absolute Gasteiger partial charge is 0.346 e. The maximum atomic E-state index is 13.7. The summed E-state index contributed by atoms with van der Waals surface area (Å²) in [5, 5.41) is 2.96. The Bertz CT molecular complexity index is 1460. The van der Waals surface area contributed by atoms with Crippen molar-refractivity contribution in [1.29, 1.82) is 0 Å². The Morgan fingerprint density at radius 1 is 1.06 bits per heavy atom. The van der Waals surface area contributed by atoms with Crippen LogP contribution in [0, 0.1) is 12.8 Å². The SMILES string of the molecule is Cc1[nH]c2ccc3c(c2c1C(=O)Oc1cccc2ccccc12)CC1CCCN2CCCCC12O3. The normalized spacial score (nSPS) is 23.9. The van der Waals surface area contributed by atoms with E-state index in [9.17, 15) is 4.79 Å². The average molecular weight is 467 g/mol. The van der Waals surface area contributed by atoms with Crippen LogP contribution in [-0.2, 0) is 6.42 Å². The number of piperidine rings is 2. The summed E-state index contributed by atoms with van der Waals surface area (Å²) in [7, 11) is 0. The van der Waals surface area contributed by atoms with Crippen molar-refractivity contribution in [1.82, 2.24) is 9.88 Å². The second-order valence-electron chi connectivity index (χ2n) is 10.4. The molecule has 5 nitrogen and oxygen atoms in total. The van der Waals surface area contributed by atoms with Crippen LogP contribution in [0.15, 0.2) is 54.6 Å². The van der Waals surface area contributed by atoms with Gasteiger partial charge in [0, 0.05) is 53.0 Å². The fraction of sp³-hybridized carbons (Fsp3) is 0.367. The van der Waals surface area contributed by atoms with Gasteiger partial charge in [0.15, 0.2) is 5.72 Å². The summed E-state index contributed by atoms with van der Waals surface area (Å²) in [6, 6.07) is 18.0. The number of carbonyl (C=O) groups is 1. The minimum absolute atomic E-state index is 0.174. The fourth-order valence-electron chi connectivity index (χ4n) is 6.90. The Balaban J connectivity index is 1.32. The molecule has 4 aromatic rings. The highest BCUT2D eigenvalue weighted by molar-refractivity contribution is 6.09. The van der Waals surface area contributed by atoms with Crippen molar-refractivity contribution in [3.8, 4) is 11.5 Å². The van der Waals surface area contributed by atoms with E-state index in [1.54, 1.807) is 0 Å². The molecule has 3 aliphatic heterocycles. The number of hydrogen-bond acceptors (Lipinski definition) is 4. The van der Waals surface area contributed by atoms with Gasteiger partial charge < -0.3 is 14.5 Å². The maximum Gasteiger partial charge on any atom is 0.346 e. The molecule has 7 rings (SSSR count). The summed E-state index contributed by atoms with van der Waals surface area (Å²) in [5.41, 5.74) is 3.41. The second kappa shape index (κ2) is 7.85. The van der Waals surface area contributed by atoms with Crippen LogP contribution >= 0.6 is 0 Å². The van der Waals surface area contributed by atoms with E-state index in [2.05, 4.69) is 22.0 Å². The van der Waals surface area contributed by atoms with Gasteiger partial charge in [-0.3, -0.25) is 4.90 Å². The van der Waals surface area contributed by atoms with Gasteiger partial charge >= 0.3 is 5.97 Å². The Kier molecular flexibility index (Phi) is 4.72. The summed E-state index contributed by atoms with van der Waals surface area (Å²) >= 11 is 0. The number of benzene rings is 3. The van der Waals surface area contributed by atoms with Gasteiger partial charge in [0.1, 0.15) is 11.5 Å². The standard InChI is InChI=1S/C30H30N2O3/c1-19-27(29(33)34-25-12-6-9-20-8-2-3-11-22(20)25)28-23-18-21-10-7-17-32-16-5-4-15-30(21,32)35-26(23)14-13-24(28)31-19/h2-3,6,8-9,11-14,21,31H,4-5,7,10,15-18H2,1H3. The van der Waals surface area contributed by atoms with E-state index in [1.165, 1.54) is 25.7 Å². The lowest BCUT2D eigenvalue weighted by molar-refractivity contribution is -0.177. The van der Waals surface area contributed by atoms with Crippen LogP contribution in [-0.4, -0.2) is 34.7 Å². The zero-order valence-electron chi connectivity index (χ0n) is 20.1. The lowest BCUT2D eigenvalue weighted by Gasteiger charge is -2.56. The number of ether oxygens (including phenoxy) is 2. The molecule has 4 heterocycles. The molecule has 1 spiro atoms.